The van der Waals surface area contributed by atoms with Crippen molar-refractivity contribution in [1.82, 2.24) is 0 Å². The van der Waals surface area contributed by atoms with Crippen LogP contribution in [0.4, 0.5) is 11.4 Å². The fourth-order valence-corrected chi connectivity index (χ4v) is 2.45. The van der Waals surface area contributed by atoms with Gasteiger partial charge in [0.25, 0.3) is 0 Å². The van der Waals surface area contributed by atoms with Crippen LogP contribution in [0.3, 0.4) is 0 Å². The monoisotopic (exact) mass is 271 g/mol. The fraction of sp³-hybridized carbons (Fsp3) is 0.455. The zero-order valence-corrected chi connectivity index (χ0v) is 11.0. The molecule has 0 spiro atoms. The van der Waals surface area contributed by atoms with Crippen LogP contribution < -0.4 is 16.2 Å². The highest BCUT2D eigenvalue weighted by atomic mass is 32.2. The van der Waals surface area contributed by atoms with E-state index in [1.54, 1.807) is 0 Å². The van der Waals surface area contributed by atoms with Gasteiger partial charge in [-0.3, -0.25) is 0 Å². The summed E-state index contributed by atoms with van der Waals surface area (Å²) in [4.78, 5) is 0.0433. The molecule has 7 heteroatoms. The molecule has 1 heterocycles. The molecule has 1 aliphatic heterocycles. The summed E-state index contributed by atoms with van der Waals surface area (Å²) in [6.45, 7) is 3.24. The van der Waals surface area contributed by atoms with Gasteiger partial charge in [-0.1, -0.05) is 0 Å². The van der Waals surface area contributed by atoms with Gasteiger partial charge >= 0.3 is 0 Å². The van der Waals surface area contributed by atoms with Crippen molar-refractivity contribution in [3.8, 4) is 0 Å². The quantitative estimate of drug-likeness (QED) is 0.694. The van der Waals surface area contributed by atoms with Gasteiger partial charge in [0.2, 0.25) is 10.0 Å². The van der Waals surface area contributed by atoms with E-state index in [1.165, 1.54) is 18.2 Å². The van der Waals surface area contributed by atoms with Crippen LogP contribution in [0.15, 0.2) is 23.1 Å². The summed E-state index contributed by atoms with van der Waals surface area (Å²) in [6, 6.07) is 4.37. The lowest BCUT2D eigenvalue weighted by Crippen LogP contribution is -2.35. The highest BCUT2D eigenvalue weighted by molar-refractivity contribution is 7.89. The second kappa shape index (κ2) is 4.42. The highest BCUT2D eigenvalue weighted by Crippen LogP contribution is 2.29. The van der Waals surface area contributed by atoms with E-state index in [4.69, 9.17) is 15.6 Å². The third kappa shape index (κ3) is 2.74. The zero-order chi connectivity index (χ0) is 13.4. The topological polar surface area (TPSA) is 107 Å². The molecular formula is C11H17N3O3S. The van der Waals surface area contributed by atoms with Crippen LogP contribution in [0.1, 0.15) is 13.3 Å². The van der Waals surface area contributed by atoms with Crippen molar-refractivity contribution in [3.05, 3.63) is 18.2 Å². The van der Waals surface area contributed by atoms with Crippen molar-refractivity contribution in [1.29, 1.82) is 0 Å². The van der Waals surface area contributed by atoms with Crippen LogP contribution in [-0.4, -0.2) is 27.2 Å². The normalized spacial score (nSPS) is 24.1. The van der Waals surface area contributed by atoms with Gasteiger partial charge < -0.3 is 15.8 Å². The molecule has 18 heavy (non-hydrogen) atoms. The number of anilines is 2. The first kappa shape index (κ1) is 13.1. The van der Waals surface area contributed by atoms with Gasteiger partial charge in [0, 0.05) is 6.61 Å². The van der Waals surface area contributed by atoms with E-state index in [0.29, 0.717) is 24.6 Å². The Labute approximate surface area is 106 Å². The first-order valence-electron chi connectivity index (χ1n) is 5.58. The maximum Gasteiger partial charge on any atom is 0.238 e. The van der Waals surface area contributed by atoms with E-state index in [-0.39, 0.29) is 10.4 Å². The molecule has 5 N–H and O–H groups in total. The van der Waals surface area contributed by atoms with Crippen molar-refractivity contribution in [2.24, 2.45) is 5.14 Å². The second-order valence-electron chi connectivity index (χ2n) is 4.78. The van der Waals surface area contributed by atoms with Crippen molar-refractivity contribution in [2.45, 2.75) is 23.8 Å². The van der Waals surface area contributed by atoms with Gasteiger partial charge in [-0.2, -0.15) is 0 Å². The summed E-state index contributed by atoms with van der Waals surface area (Å²) >= 11 is 0. The summed E-state index contributed by atoms with van der Waals surface area (Å²) in [7, 11) is -3.72. The molecule has 0 amide bonds. The van der Waals surface area contributed by atoms with Crippen LogP contribution in [-0.2, 0) is 14.8 Å². The number of ether oxygens (including phenoxy) is 1. The fourth-order valence-electron chi connectivity index (χ4n) is 1.91. The van der Waals surface area contributed by atoms with E-state index in [9.17, 15) is 8.42 Å². The maximum atomic E-state index is 11.3. The summed E-state index contributed by atoms with van der Waals surface area (Å²) in [5.41, 5.74) is 6.65. The lowest BCUT2D eigenvalue weighted by molar-refractivity contribution is 0.185. The largest absolute Gasteiger partial charge is 0.397 e. The molecule has 6 nitrogen and oxygen atoms in total. The number of rotatable bonds is 3. The van der Waals surface area contributed by atoms with Crippen LogP contribution in [0.25, 0.3) is 0 Å². The molecule has 0 aliphatic carbocycles. The Kier molecular flexibility index (Phi) is 3.22. The molecule has 1 atom stereocenters. The van der Waals surface area contributed by atoms with E-state index in [2.05, 4.69) is 5.32 Å². The molecule has 1 saturated heterocycles. The van der Waals surface area contributed by atoms with E-state index < -0.39 is 10.0 Å². The predicted octanol–water partition coefficient (Wildman–Crippen LogP) is 0.507. The average Bonchev–Trinajstić information content (AvgIpc) is 2.67. The molecular weight excluding hydrogens is 254 g/mol. The number of nitrogen functional groups attached to an aromatic ring is 1. The van der Waals surface area contributed by atoms with Gasteiger partial charge in [-0.05, 0) is 31.5 Å². The molecule has 0 radical (unpaired) electrons. The summed E-state index contributed by atoms with van der Waals surface area (Å²) in [5, 5.41) is 8.32. The molecule has 0 bridgehead atoms. The first-order chi connectivity index (χ1) is 8.30. The van der Waals surface area contributed by atoms with Gasteiger partial charge in [0.05, 0.1) is 28.4 Å². The molecule has 1 aliphatic rings. The molecule has 0 aromatic heterocycles. The lowest BCUT2D eigenvalue weighted by atomic mass is 10.0. The Morgan fingerprint density at radius 1 is 1.44 bits per heavy atom. The molecule has 1 aromatic rings. The summed E-state index contributed by atoms with van der Waals surface area (Å²) in [6.07, 6.45) is 0.839. The standard InChI is InChI=1S/C11H17N3O3S/c1-11(4-5-17-7-11)14-10-6-8(18(13,15)16)2-3-9(10)12/h2-3,6,14H,4-5,7,12H2,1H3,(H2,13,15,16). The number of hydrogen-bond acceptors (Lipinski definition) is 5. The van der Waals surface area contributed by atoms with E-state index in [0.717, 1.165) is 6.42 Å². The van der Waals surface area contributed by atoms with Crippen molar-refractivity contribution in [3.63, 3.8) is 0 Å². The van der Waals surface area contributed by atoms with E-state index in [1.807, 2.05) is 6.92 Å². The minimum absolute atomic E-state index is 0.0433. The van der Waals surface area contributed by atoms with Gasteiger partial charge in [-0.15, -0.1) is 0 Å². The van der Waals surface area contributed by atoms with Gasteiger partial charge in [-0.25, -0.2) is 13.6 Å². The first-order valence-corrected chi connectivity index (χ1v) is 7.13. The Hall–Kier alpha value is -1.31. The Morgan fingerprint density at radius 3 is 2.72 bits per heavy atom. The summed E-state index contributed by atoms with van der Waals surface area (Å²) in [5.74, 6) is 0. The van der Waals surface area contributed by atoms with E-state index >= 15 is 0 Å². The molecule has 0 saturated carbocycles. The minimum atomic E-state index is -3.72. The number of primary sulfonamides is 1. The molecule has 1 unspecified atom stereocenters. The zero-order valence-electron chi connectivity index (χ0n) is 10.1. The van der Waals surface area contributed by atoms with Crippen LogP contribution in [0, 0.1) is 0 Å². The van der Waals surface area contributed by atoms with Crippen LogP contribution in [0.5, 0.6) is 0 Å². The van der Waals surface area contributed by atoms with Crippen molar-refractivity contribution < 1.29 is 13.2 Å². The summed E-state index contributed by atoms with van der Waals surface area (Å²) < 4.78 is 27.9. The Balaban J connectivity index is 2.32. The van der Waals surface area contributed by atoms with Crippen molar-refractivity contribution in [2.75, 3.05) is 24.3 Å². The molecule has 1 fully saturated rings. The van der Waals surface area contributed by atoms with Crippen molar-refractivity contribution >= 4 is 21.4 Å². The Morgan fingerprint density at radius 2 is 2.17 bits per heavy atom. The minimum Gasteiger partial charge on any atom is -0.397 e. The molecule has 2 rings (SSSR count). The maximum absolute atomic E-state index is 11.3. The third-order valence-corrected chi connectivity index (χ3v) is 3.92. The predicted molar refractivity (Wildman–Crippen MR) is 69.7 cm³/mol. The van der Waals surface area contributed by atoms with Gasteiger partial charge in [0.1, 0.15) is 0 Å². The Bertz CT molecular complexity index is 551. The second-order valence-corrected chi connectivity index (χ2v) is 6.34. The highest BCUT2D eigenvalue weighted by Gasteiger charge is 2.30. The van der Waals surface area contributed by atoms with Gasteiger partial charge in [0.15, 0.2) is 0 Å². The smallest absolute Gasteiger partial charge is 0.238 e. The lowest BCUT2D eigenvalue weighted by Gasteiger charge is -2.26. The number of nitrogens with two attached hydrogens (primary N) is 2. The number of sulfonamides is 1. The average molecular weight is 271 g/mol. The molecule has 1 aromatic carbocycles. The SMILES string of the molecule is CC1(Nc2cc(S(N)(=O)=O)ccc2N)CCOC1. The molecule has 100 valence electrons. The number of nitrogens with one attached hydrogen (secondary N) is 1. The number of hydrogen-bond donors (Lipinski definition) is 3. The van der Waals surface area contributed by atoms with Crippen LogP contribution >= 0.6 is 0 Å². The third-order valence-electron chi connectivity index (χ3n) is 3.01. The number of benzene rings is 1. The van der Waals surface area contributed by atoms with Crippen LogP contribution in [0.2, 0.25) is 0 Å².